The predicted molar refractivity (Wildman–Crippen MR) is 44.9 cm³/mol. The zero-order chi connectivity index (χ0) is 7.98. The Labute approximate surface area is 66.9 Å². The zero-order valence-corrected chi connectivity index (χ0v) is 7.03. The minimum atomic E-state index is 0.0430. The van der Waals surface area contributed by atoms with Gasteiger partial charge in [0.05, 0.1) is 0 Å². The number of Topliss-reactive ketones (excluding diaryl/α,β-unsaturated/α-hetero) is 1. The summed E-state index contributed by atoms with van der Waals surface area (Å²) in [5.74, 6) is 0.189. The molecule has 3 N–H and O–H groups in total. The van der Waals surface area contributed by atoms with Crippen molar-refractivity contribution in [2.45, 2.75) is 25.8 Å². The Kier molecular flexibility index (Phi) is 5.67. The fourth-order valence-electron chi connectivity index (χ4n) is 0.608. The van der Waals surface area contributed by atoms with Gasteiger partial charge in [-0.2, -0.15) is 0 Å². The fourth-order valence-corrected chi connectivity index (χ4v) is 0.842. The maximum absolute atomic E-state index is 10.5. The van der Waals surface area contributed by atoms with E-state index in [0.29, 0.717) is 13.0 Å². The van der Waals surface area contributed by atoms with Gasteiger partial charge in [0.15, 0.2) is 0 Å². The van der Waals surface area contributed by atoms with Gasteiger partial charge in [-0.25, -0.2) is 0 Å². The lowest BCUT2D eigenvalue weighted by Crippen LogP contribution is -2.30. The number of ketones is 1. The van der Waals surface area contributed by atoms with E-state index in [2.05, 4.69) is 17.5 Å². The number of nitrogens with two attached hydrogens (primary N) is 1. The molecule has 0 amide bonds. The Balaban J connectivity index is 3.21. The van der Waals surface area contributed by atoms with Crippen LogP contribution in [0.3, 0.4) is 0 Å². The van der Waals surface area contributed by atoms with Crippen molar-refractivity contribution in [2.24, 2.45) is 5.73 Å². The molecule has 0 spiro atoms. The van der Waals surface area contributed by atoms with E-state index >= 15 is 0 Å². The Morgan fingerprint density at radius 1 is 1.80 bits per heavy atom. The smallest absolute Gasteiger partial charge is 0.129 e. The molecule has 1 unspecified atom stereocenters. The number of carbonyl (C=O) groups is 1. The van der Waals surface area contributed by atoms with E-state index in [-0.39, 0.29) is 11.8 Å². The molecule has 4 heteroatoms. The molecule has 0 bridgehead atoms. The van der Waals surface area contributed by atoms with E-state index in [1.807, 2.05) is 0 Å². The van der Waals surface area contributed by atoms with Crippen LogP contribution >= 0.6 is 12.8 Å². The summed E-state index contributed by atoms with van der Waals surface area (Å²) in [4.78, 5) is 10.5. The molecule has 0 aromatic rings. The molecule has 0 aliphatic carbocycles. The van der Waals surface area contributed by atoms with E-state index in [1.54, 1.807) is 6.92 Å². The fraction of sp³-hybridized carbons (Fsp3) is 0.833. The summed E-state index contributed by atoms with van der Waals surface area (Å²) in [6.07, 6.45) is 1.31. The van der Waals surface area contributed by atoms with Gasteiger partial charge in [0.25, 0.3) is 0 Å². The molecule has 10 heavy (non-hydrogen) atoms. The zero-order valence-electron chi connectivity index (χ0n) is 6.13. The molecule has 1 atom stereocenters. The highest BCUT2D eigenvalue weighted by Crippen LogP contribution is 1.93. The highest BCUT2D eigenvalue weighted by atomic mass is 32.1. The first-order valence-corrected chi connectivity index (χ1v) is 3.73. The summed E-state index contributed by atoms with van der Waals surface area (Å²) in [6.45, 7) is 2.22. The van der Waals surface area contributed by atoms with Gasteiger partial charge < -0.3 is 10.5 Å². The number of hydrogen-bond donors (Lipinski definition) is 3. The molecule has 0 heterocycles. The molecule has 60 valence electrons. The molecule has 0 aliphatic rings. The normalized spacial score (nSPS) is 13.1. The summed E-state index contributed by atoms with van der Waals surface area (Å²) in [5, 5.41) is 0. The van der Waals surface area contributed by atoms with Crippen molar-refractivity contribution >= 4 is 18.6 Å². The lowest BCUT2D eigenvalue weighted by Gasteiger charge is -2.07. The summed E-state index contributed by atoms with van der Waals surface area (Å²) in [7, 11) is 0. The third-order valence-corrected chi connectivity index (χ3v) is 1.40. The highest BCUT2D eigenvalue weighted by Gasteiger charge is 2.01. The van der Waals surface area contributed by atoms with Gasteiger partial charge in [-0.15, -0.1) is 0 Å². The summed E-state index contributed by atoms with van der Waals surface area (Å²) in [6, 6.07) is 0.0430. The van der Waals surface area contributed by atoms with Gasteiger partial charge in [-0.3, -0.25) is 4.72 Å². The van der Waals surface area contributed by atoms with E-state index in [4.69, 9.17) is 5.73 Å². The molecule has 0 radical (unpaired) electrons. The number of rotatable bonds is 5. The first kappa shape index (κ1) is 9.94. The first-order valence-electron chi connectivity index (χ1n) is 3.28. The molecule has 0 rings (SSSR count). The Bertz CT molecular complexity index is 108. The second-order valence-corrected chi connectivity index (χ2v) is 2.68. The third kappa shape index (κ3) is 6.07. The lowest BCUT2D eigenvalue weighted by atomic mass is 10.1. The number of thiol groups is 1. The van der Waals surface area contributed by atoms with Crippen LogP contribution in [0.15, 0.2) is 0 Å². The van der Waals surface area contributed by atoms with E-state index in [1.165, 1.54) is 0 Å². The minimum Gasteiger partial charge on any atom is -0.327 e. The van der Waals surface area contributed by atoms with Gasteiger partial charge in [-0.05, 0) is 13.3 Å². The molecular formula is C6H14N2OS. The summed E-state index contributed by atoms with van der Waals surface area (Å²) >= 11 is 3.79. The van der Waals surface area contributed by atoms with Crippen LogP contribution in [0.5, 0.6) is 0 Å². The van der Waals surface area contributed by atoms with E-state index in [9.17, 15) is 4.79 Å². The number of hydrogen-bond acceptors (Lipinski definition) is 4. The highest BCUT2D eigenvalue weighted by molar-refractivity contribution is 7.78. The topological polar surface area (TPSA) is 55.1 Å². The maximum atomic E-state index is 10.5. The van der Waals surface area contributed by atoms with Gasteiger partial charge in [0.1, 0.15) is 5.78 Å². The molecule has 0 aliphatic heterocycles. The minimum absolute atomic E-state index is 0.0430. The van der Waals surface area contributed by atoms with Gasteiger partial charge in [-0.1, -0.05) is 12.8 Å². The second-order valence-electron chi connectivity index (χ2n) is 2.36. The van der Waals surface area contributed by atoms with Crippen molar-refractivity contribution in [2.75, 3.05) is 6.54 Å². The van der Waals surface area contributed by atoms with Crippen molar-refractivity contribution in [3.05, 3.63) is 0 Å². The Morgan fingerprint density at radius 2 is 2.40 bits per heavy atom. The molecule has 0 saturated carbocycles. The van der Waals surface area contributed by atoms with Gasteiger partial charge in [0, 0.05) is 19.0 Å². The second kappa shape index (κ2) is 5.70. The maximum Gasteiger partial charge on any atom is 0.129 e. The molecular weight excluding hydrogens is 148 g/mol. The van der Waals surface area contributed by atoms with Crippen molar-refractivity contribution in [1.29, 1.82) is 0 Å². The van der Waals surface area contributed by atoms with Crippen molar-refractivity contribution in [3.8, 4) is 0 Å². The van der Waals surface area contributed by atoms with Crippen LogP contribution in [0.4, 0.5) is 0 Å². The standard InChI is InChI=1S/C6H14N2OS/c1-5(9)2-3-6(7)4-8-10/h6,8,10H,2-4,7H2,1H3. The quantitative estimate of drug-likeness (QED) is 0.503. The van der Waals surface area contributed by atoms with Crippen LogP contribution in [0, 0.1) is 0 Å². The van der Waals surface area contributed by atoms with Gasteiger partial charge >= 0.3 is 0 Å². The van der Waals surface area contributed by atoms with Crippen LogP contribution in [0.25, 0.3) is 0 Å². The van der Waals surface area contributed by atoms with Crippen LogP contribution in [0.1, 0.15) is 19.8 Å². The molecule has 0 aromatic carbocycles. The monoisotopic (exact) mass is 162 g/mol. The molecule has 3 nitrogen and oxygen atoms in total. The predicted octanol–water partition coefficient (Wildman–Crippen LogP) is 0.117. The molecule has 0 saturated heterocycles. The van der Waals surface area contributed by atoms with Crippen LogP contribution in [0.2, 0.25) is 0 Å². The Hall–Kier alpha value is -0.0600. The average Bonchev–Trinajstić information content (AvgIpc) is 1.85. The SMILES string of the molecule is CC(=O)CCC(N)CNS. The first-order chi connectivity index (χ1) is 4.66. The van der Waals surface area contributed by atoms with Crippen molar-refractivity contribution in [1.82, 2.24) is 4.72 Å². The van der Waals surface area contributed by atoms with Crippen LogP contribution < -0.4 is 10.5 Å². The Morgan fingerprint density at radius 3 is 2.80 bits per heavy atom. The van der Waals surface area contributed by atoms with Crippen LogP contribution in [-0.2, 0) is 4.79 Å². The van der Waals surface area contributed by atoms with Crippen molar-refractivity contribution < 1.29 is 4.79 Å². The lowest BCUT2D eigenvalue weighted by molar-refractivity contribution is -0.117. The van der Waals surface area contributed by atoms with Crippen molar-refractivity contribution in [3.63, 3.8) is 0 Å². The number of nitrogens with one attached hydrogen (secondary N) is 1. The van der Waals surface area contributed by atoms with E-state index in [0.717, 1.165) is 6.42 Å². The van der Waals surface area contributed by atoms with Gasteiger partial charge in [0.2, 0.25) is 0 Å². The third-order valence-electron chi connectivity index (χ3n) is 1.22. The van der Waals surface area contributed by atoms with Crippen LogP contribution in [-0.4, -0.2) is 18.4 Å². The molecule has 0 fully saturated rings. The average molecular weight is 162 g/mol. The van der Waals surface area contributed by atoms with E-state index < -0.39 is 0 Å². The number of carbonyl (C=O) groups excluding carboxylic acids is 1. The summed E-state index contributed by atoms with van der Waals surface area (Å²) < 4.78 is 2.65. The largest absolute Gasteiger partial charge is 0.327 e. The summed E-state index contributed by atoms with van der Waals surface area (Å²) in [5.41, 5.74) is 5.57. The molecule has 0 aromatic heterocycles.